The third-order valence-electron chi connectivity index (χ3n) is 9.95. The third kappa shape index (κ3) is 14.8. The van der Waals surface area contributed by atoms with Crippen molar-refractivity contribution < 1.29 is 63.9 Å². The van der Waals surface area contributed by atoms with Crippen LogP contribution in [0.4, 0.5) is 0 Å². The Hall–Kier alpha value is -6.16. The summed E-state index contributed by atoms with van der Waals surface area (Å²) in [7, 11) is 0. The highest BCUT2D eigenvalue weighted by Crippen LogP contribution is 2.20. The van der Waals surface area contributed by atoms with Crippen LogP contribution in [0.2, 0.25) is 0 Å². The van der Waals surface area contributed by atoms with E-state index in [4.69, 9.17) is 11.5 Å². The summed E-state index contributed by atoms with van der Waals surface area (Å²) in [4.78, 5) is 106. The highest BCUT2D eigenvalue weighted by atomic mass is 16.4. The molecule has 1 fully saturated rings. The maximum Gasteiger partial charge on any atom is 0.328 e. The van der Waals surface area contributed by atoms with Crippen LogP contribution >= 0.6 is 0 Å². The summed E-state index contributed by atoms with van der Waals surface area (Å²) in [6.45, 7) is 3.58. The number of hydrogen-bond donors (Lipinski definition) is 12. The molecule has 21 heteroatoms. The van der Waals surface area contributed by atoms with Crippen molar-refractivity contribution in [2.75, 3.05) is 6.54 Å². The smallest absolute Gasteiger partial charge is 0.328 e. The molecule has 10 atom stereocenters. The van der Waals surface area contributed by atoms with E-state index in [1.165, 1.54) is 29.2 Å². The number of carboxylic acids is 1. The van der Waals surface area contributed by atoms with Crippen LogP contribution in [0.15, 0.2) is 54.6 Å². The number of phenolic OH excluding ortho intramolecular Hbond substituents is 1. The van der Waals surface area contributed by atoms with Crippen molar-refractivity contribution in [3.05, 3.63) is 65.7 Å². The lowest BCUT2D eigenvalue weighted by Crippen LogP contribution is -2.63. The molecule has 1 aliphatic heterocycles. The molecule has 1 saturated heterocycles. The summed E-state index contributed by atoms with van der Waals surface area (Å²) in [5, 5.41) is 61.6. The number of carboxylic acid groups (broad SMARTS) is 1. The lowest BCUT2D eigenvalue weighted by molar-refractivity contribution is -0.146. The van der Waals surface area contributed by atoms with Crippen molar-refractivity contribution in [2.45, 2.75) is 120 Å². The minimum atomic E-state index is -1.81. The molecular weight excluding hydrogens is 800 g/mol. The summed E-state index contributed by atoms with van der Waals surface area (Å²) < 4.78 is 0. The van der Waals surface area contributed by atoms with E-state index < -0.39 is 114 Å². The summed E-state index contributed by atoms with van der Waals surface area (Å²) >= 11 is 0. The number of primary amides is 1. The Morgan fingerprint density at radius 2 is 1.20 bits per heavy atom. The largest absolute Gasteiger partial charge is 0.508 e. The van der Waals surface area contributed by atoms with E-state index in [-0.39, 0.29) is 38.0 Å². The van der Waals surface area contributed by atoms with Crippen molar-refractivity contribution in [2.24, 2.45) is 11.5 Å². The topological polar surface area (TPSA) is 353 Å². The number of nitrogens with two attached hydrogens (primary N) is 2. The highest BCUT2D eigenvalue weighted by Gasteiger charge is 2.39. The van der Waals surface area contributed by atoms with Gasteiger partial charge in [-0.1, -0.05) is 42.5 Å². The van der Waals surface area contributed by atoms with Crippen LogP contribution in [0.5, 0.6) is 5.75 Å². The van der Waals surface area contributed by atoms with Crippen molar-refractivity contribution in [1.82, 2.24) is 31.5 Å². The van der Waals surface area contributed by atoms with Crippen LogP contribution in [0.1, 0.15) is 57.6 Å². The van der Waals surface area contributed by atoms with Gasteiger partial charge in [-0.2, -0.15) is 0 Å². The molecule has 21 nitrogen and oxygen atoms in total. The standard InChI is InChI=1S/C40H56N8O13/c1-20(49)31(37(57)44-28(19-24-11-13-25(52)14-12-24)35(55)46-32(21(2)50)38(58)47-33(22(3)51)40(60)61)45-34(54)27(15-16-30(42)53)43-36(56)29-10-7-17-48(29)39(59)26(41)18-23-8-5-4-6-9-23/h4-6,8-9,11-14,20-22,26-29,31-33,49-52H,7,10,15-19,41H2,1-3H3,(H2,42,53)(H,43,56)(H,44,57)(H,45,54)(H,46,55)(H,47,58)(H,60,61)/t20-,21-,22-,26+,27+,28+,29+,31+,32+,33+/m1/s1. The van der Waals surface area contributed by atoms with Gasteiger partial charge in [0.2, 0.25) is 41.4 Å². The van der Waals surface area contributed by atoms with Gasteiger partial charge in [-0.05, 0) is 69.7 Å². The number of nitrogens with one attached hydrogen (secondary N) is 5. The average Bonchev–Trinajstić information content (AvgIpc) is 3.69. The van der Waals surface area contributed by atoms with Gasteiger partial charge in [0.25, 0.3) is 0 Å². The molecule has 1 heterocycles. The normalized spacial score (nSPS) is 18.1. The van der Waals surface area contributed by atoms with E-state index in [0.29, 0.717) is 12.0 Å². The number of carbonyl (C=O) groups is 8. The van der Waals surface area contributed by atoms with Gasteiger partial charge in [0.05, 0.1) is 24.4 Å². The number of aliphatic hydroxyl groups excluding tert-OH is 3. The molecule has 2 aromatic carbocycles. The number of benzene rings is 2. The Morgan fingerprint density at radius 3 is 1.72 bits per heavy atom. The molecule has 0 unspecified atom stereocenters. The van der Waals surface area contributed by atoms with E-state index in [0.717, 1.165) is 26.3 Å². The van der Waals surface area contributed by atoms with E-state index >= 15 is 0 Å². The monoisotopic (exact) mass is 856 g/mol. The zero-order chi connectivity index (χ0) is 45.6. The van der Waals surface area contributed by atoms with Crippen molar-refractivity contribution in [1.29, 1.82) is 0 Å². The summed E-state index contributed by atoms with van der Waals surface area (Å²) in [6, 6.07) is 3.90. The summed E-state index contributed by atoms with van der Waals surface area (Å²) in [5.41, 5.74) is 12.7. The van der Waals surface area contributed by atoms with Crippen LogP contribution in [0, 0.1) is 0 Å². The molecule has 334 valence electrons. The first-order valence-corrected chi connectivity index (χ1v) is 19.6. The molecule has 0 saturated carbocycles. The second kappa shape index (κ2) is 23.0. The quantitative estimate of drug-likeness (QED) is 0.0545. The molecule has 1 aliphatic rings. The van der Waals surface area contributed by atoms with Crippen molar-refractivity contribution in [3.8, 4) is 5.75 Å². The van der Waals surface area contributed by atoms with Crippen LogP contribution in [0.25, 0.3) is 0 Å². The maximum atomic E-state index is 13.8. The van der Waals surface area contributed by atoms with E-state index in [1.807, 2.05) is 23.5 Å². The fraction of sp³-hybridized carbons (Fsp3) is 0.500. The number of aliphatic carboxylic acids is 1. The predicted octanol–water partition coefficient (Wildman–Crippen LogP) is -3.59. The molecule has 0 radical (unpaired) electrons. The first kappa shape index (κ1) is 49.2. The first-order chi connectivity index (χ1) is 28.7. The molecule has 3 rings (SSSR count). The van der Waals surface area contributed by atoms with Gasteiger partial charge < -0.3 is 68.5 Å². The van der Waals surface area contributed by atoms with E-state index in [9.17, 15) is 63.9 Å². The average molecular weight is 857 g/mol. The van der Waals surface area contributed by atoms with E-state index in [2.05, 4.69) is 21.3 Å². The number of hydrogen-bond acceptors (Lipinski definition) is 13. The molecule has 7 amide bonds. The van der Waals surface area contributed by atoms with Gasteiger partial charge in [-0.3, -0.25) is 33.6 Å². The first-order valence-electron chi connectivity index (χ1n) is 19.6. The molecule has 0 bridgehead atoms. The number of aromatic hydroxyl groups is 1. The van der Waals surface area contributed by atoms with Crippen LogP contribution in [0.3, 0.4) is 0 Å². The van der Waals surface area contributed by atoms with E-state index in [1.54, 1.807) is 12.1 Å². The van der Waals surface area contributed by atoms with Gasteiger partial charge >= 0.3 is 5.97 Å². The molecule has 2 aromatic rings. The molecule has 61 heavy (non-hydrogen) atoms. The maximum absolute atomic E-state index is 13.8. The number of amides is 7. The number of aliphatic hydroxyl groups is 3. The molecule has 0 spiro atoms. The number of phenols is 1. The molecule has 14 N–H and O–H groups in total. The van der Waals surface area contributed by atoms with Crippen molar-refractivity contribution >= 4 is 47.3 Å². The fourth-order valence-corrected chi connectivity index (χ4v) is 6.58. The van der Waals surface area contributed by atoms with Crippen LogP contribution < -0.4 is 38.1 Å². The summed E-state index contributed by atoms with van der Waals surface area (Å²) in [5.74, 6) is -8.24. The Balaban J connectivity index is 1.82. The number of likely N-dealkylation sites (tertiary alicyclic amines) is 1. The Kier molecular flexibility index (Phi) is 18.6. The predicted molar refractivity (Wildman–Crippen MR) is 215 cm³/mol. The van der Waals surface area contributed by atoms with Crippen LogP contribution in [-0.4, -0.2) is 145 Å². The molecular formula is C40H56N8O13. The third-order valence-corrected chi connectivity index (χ3v) is 9.95. The minimum Gasteiger partial charge on any atom is -0.508 e. The minimum absolute atomic E-state index is 0.126. The number of carbonyl (C=O) groups excluding carboxylic acids is 7. The van der Waals surface area contributed by atoms with Gasteiger partial charge in [-0.25, -0.2) is 4.79 Å². The second-order valence-corrected chi connectivity index (χ2v) is 15.0. The number of nitrogens with zero attached hydrogens (tertiary/aromatic N) is 1. The Bertz CT molecular complexity index is 1860. The van der Waals surface area contributed by atoms with Gasteiger partial charge in [0, 0.05) is 19.4 Å². The fourth-order valence-electron chi connectivity index (χ4n) is 6.58. The van der Waals surface area contributed by atoms with Gasteiger partial charge in [-0.15, -0.1) is 0 Å². The SMILES string of the molecule is C[C@@H](O)[C@H](NC(=O)[C@@H](NC(=O)[C@H](Cc1ccc(O)cc1)NC(=O)[C@@H](NC(=O)[C@H](CCC(N)=O)NC(=O)[C@@H]1CCCN1C(=O)[C@@H](N)Cc1ccccc1)[C@@H](C)O)[C@@H](C)O)C(=O)O. The van der Waals surface area contributed by atoms with Gasteiger partial charge in [0.1, 0.15) is 36.0 Å². The zero-order valence-corrected chi connectivity index (χ0v) is 34.0. The Labute approximate surface area is 351 Å². The van der Waals surface area contributed by atoms with Gasteiger partial charge in [0.15, 0.2) is 6.04 Å². The Morgan fingerprint density at radius 1 is 0.689 bits per heavy atom. The zero-order valence-electron chi connectivity index (χ0n) is 34.0. The lowest BCUT2D eigenvalue weighted by Gasteiger charge is -2.30. The van der Waals surface area contributed by atoms with Crippen LogP contribution in [-0.2, 0) is 51.2 Å². The molecule has 0 aliphatic carbocycles. The lowest BCUT2D eigenvalue weighted by atomic mass is 10.0. The second-order valence-electron chi connectivity index (χ2n) is 15.0. The molecule has 0 aromatic heterocycles. The summed E-state index contributed by atoms with van der Waals surface area (Å²) in [6.07, 6.45) is -5.00. The number of rotatable bonds is 22. The van der Waals surface area contributed by atoms with Crippen molar-refractivity contribution in [3.63, 3.8) is 0 Å². The highest BCUT2D eigenvalue weighted by molar-refractivity contribution is 5.97.